The summed E-state index contributed by atoms with van der Waals surface area (Å²) in [6, 6.07) is 4.14. The molecule has 0 aliphatic heterocycles. The van der Waals surface area contributed by atoms with Gasteiger partial charge in [-0.1, -0.05) is 52.6 Å². The zero-order valence-corrected chi connectivity index (χ0v) is 14.0. The average molecular weight is 393 g/mol. The first-order valence-electron chi connectivity index (χ1n) is 5.61. The van der Waals surface area contributed by atoms with Gasteiger partial charge >= 0.3 is 5.97 Å². The van der Waals surface area contributed by atoms with Crippen molar-refractivity contribution >= 4 is 43.7 Å². The SMILES string of the molecule is CC(C)(C)[C@@H](NC(=O)c1cc(Br)cc(Br)c1)C(=O)O. The van der Waals surface area contributed by atoms with Crippen LogP contribution in [0.15, 0.2) is 27.1 Å². The Morgan fingerprint density at radius 1 is 1.16 bits per heavy atom. The van der Waals surface area contributed by atoms with Gasteiger partial charge in [-0.15, -0.1) is 0 Å². The minimum Gasteiger partial charge on any atom is -0.480 e. The first-order chi connectivity index (χ1) is 8.61. The Kier molecular flexibility index (Phi) is 5.15. The predicted octanol–water partition coefficient (Wildman–Crippen LogP) is 3.44. The fourth-order valence-corrected chi connectivity index (χ4v) is 2.84. The van der Waals surface area contributed by atoms with Gasteiger partial charge in [0.1, 0.15) is 6.04 Å². The minimum atomic E-state index is -1.05. The summed E-state index contributed by atoms with van der Waals surface area (Å²) in [6.45, 7) is 5.30. The van der Waals surface area contributed by atoms with E-state index in [-0.39, 0.29) is 0 Å². The van der Waals surface area contributed by atoms with Gasteiger partial charge in [0.25, 0.3) is 5.91 Å². The van der Waals surface area contributed by atoms with Gasteiger partial charge in [0.15, 0.2) is 0 Å². The lowest BCUT2D eigenvalue weighted by atomic mass is 9.86. The monoisotopic (exact) mass is 391 g/mol. The zero-order valence-electron chi connectivity index (χ0n) is 10.8. The number of benzene rings is 1. The molecular weight excluding hydrogens is 378 g/mol. The van der Waals surface area contributed by atoms with Gasteiger partial charge in [-0.2, -0.15) is 0 Å². The summed E-state index contributed by atoms with van der Waals surface area (Å²) in [7, 11) is 0. The highest BCUT2D eigenvalue weighted by Crippen LogP contribution is 2.22. The van der Waals surface area contributed by atoms with Crippen molar-refractivity contribution < 1.29 is 14.7 Å². The quantitative estimate of drug-likeness (QED) is 0.827. The molecule has 1 amide bonds. The summed E-state index contributed by atoms with van der Waals surface area (Å²) in [5, 5.41) is 11.7. The highest BCUT2D eigenvalue weighted by Gasteiger charge is 2.32. The number of halogens is 2. The molecule has 6 heteroatoms. The number of carbonyl (C=O) groups excluding carboxylic acids is 1. The third-order valence-electron chi connectivity index (χ3n) is 2.51. The highest BCUT2D eigenvalue weighted by atomic mass is 79.9. The molecule has 1 rings (SSSR count). The third-order valence-corrected chi connectivity index (χ3v) is 3.43. The van der Waals surface area contributed by atoms with Crippen LogP contribution in [0.3, 0.4) is 0 Å². The van der Waals surface area contributed by atoms with Crippen molar-refractivity contribution in [2.75, 3.05) is 0 Å². The molecule has 1 atom stereocenters. The Labute approximate surface area is 128 Å². The molecule has 1 aromatic carbocycles. The van der Waals surface area contributed by atoms with Gasteiger partial charge in [-0.05, 0) is 23.6 Å². The largest absolute Gasteiger partial charge is 0.480 e. The van der Waals surface area contributed by atoms with E-state index >= 15 is 0 Å². The fraction of sp³-hybridized carbons (Fsp3) is 0.385. The number of rotatable bonds is 3. The van der Waals surface area contributed by atoms with E-state index in [4.69, 9.17) is 0 Å². The van der Waals surface area contributed by atoms with Gasteiger partial charge in [0.2, 0.25) is 0 Å². The van der Waals surface area contributed by atoms with E-state index in [0.717, 1.165) is 8.95 Å². The van der Waals surface area contributed by atoms with Crippen molar-refractivity contribution in [1.82, 2.24) is 5.32 Å². The summed E-state index contributed by atoms with van der Waals surface area (Å²) < 4.78 is 1.49. The molecule has 0 saturated heterocycles. The number of carbonyl (C=O) groups is 2. The standard InChI is InChI=1S/C13H15Br2NO3/c1-13(2,3)10(12(18)19)16-11(17)7-4-8(14)6-9(15)5-7/h4-6,10H,1-3H3,(H,16,17)(H,18,19)/t10-/m0/s1. The lowest BCUT2D eigenvalue weighted by Crippen LogP contribution is -2.49. The molecule has 0 heterocycles. The molecular formula is C13H15Br2NO3. The van der Waals surface area contributed by atoms with Gasteiger partial charge in [0, 0.05) is 14.5 Å². The molecule has 0 aliphatic rings. The van der Waals surface area contributed by atoms with Crippen LogP contribution in [-0.4, -0.2) is 23.0 Å². The zero-order chi connectivity index (χ0) is 14.8. The van der Waals surface area contributed by atoms with Crippen molar-refractivity contribution in [3.63, 3.8) is 0 Å². The number of nitrogens with one attached hydrogen (secondary N) is 1. The number of carboxylic acid groups (broad SMARTS) is 1. The predicted molar refractivity (Wildman–Crippen MR) is 80.2 cm³/mol. The van der Waals surface area contributed by atoms with Gasteiger partial charge in [0.05, 0.1) is 0 Å². The topological polar surface area (TPSA) is 66.4 Å². The number of amides is 1. The van der Waals surface area contributed by atoms with Crippen LogP contribution < -0.4 is 5.32 Å². The maximum absolute atomic E-state index is 12.1. The summed E-state index contributed by atoms with van der Waals surface area (Å²) >= 11 is 6.58. The lowest BCUT2D eigenvalue weighted by molar-refractivity contribution is -0.142. The van der Waals surface area contributed by atoms with Crippen LogP contribution in [0.5, 0.6) is 0 Å². The second-order valence-corrected chi connectivity index (χ2v) is 7.10. The molecule has 0 radical (unpaired) electrons. The van der Waals surface area contributed by atoms with Crippen LogP contribution in [0.1, 0.15) is 31.1 Å². The minimum absolute atomic E-state index is 0.400. The van der Waals surface area contributed by atoms with Crippen LogP contribution in [0.4, 0.5) is 0 Å². The molecule has 0 bridgehead atoms. The van der Waals surface area contributed by atoms with Crippen LogP contribution in [-0.2, 0) is 4.79 Å². The fourth-order valence-electron chi connectivity index (χ4n) is 1.55. The average Bonchev–Trinajstić information content (AvgIpc) is 2.21. The molecule has 0 saturated carbocycles. The van der Waals surface area contributed by atoms with Crippen molar-refractivity contribution in [3.8, 4) is 0 Å². The smallest absolute Gasteiger partial charge is 0.326 e. The Hall–Kier alpha value is -0.880. The highest BCUT2D eigenvalue weighted by molar-refractivity contribution is 9.11. The maximum atomic E-state index is 12.1. The van der Waals surface area contributed by atoms with Crippen molar-refractivity contribution in [1.29, 1.82) is 0 Å². The van der Waals surface area contributed by atoms with Crippen molar-refractivity contribution in [3.05, 3.63) is 32.7 Å². The molecule has 2 N–H and O–H groups in total. The van der Waals surface area contributed by atoms with Gasteiger partial charge in [-0.25, -0.2) is 4.79 Å². The molecule has 19 heavy (non-hydrogen) atoms. The second-order valence-electron chi connectivity index (χ2n) is 5.27. The van der Waals surface area contributed by atoms with E-state index < -0.39 is 23.3 Å². The molecule has 0 aliphatic carbocycles. The Bertz CT molecular complexity index is 489. The summed E-state index contributed by atoms with van der Waals surface area (Å²) in [4.78, 5) is 23.3. The van der Waals surface area contributed by atoms with Gasteiger partial charge < -0.3 is 10.4 Å². The van der Waals surface area contributed by atoms with Crippen molar-refractivity contribution in [2.24, 2.45) is 5.41 Å². The molecule has 4 nitrogen and oxygen atoms in total. The van der Waals surface area contributed by atoms with Crippen molar-refractivity contribution in [2.45, 2.75) is 26.8 Å². The lowest BCUT2D eigenvalue weighted by Gasteiger charge is -2.27. The number of aliphatic carboxylic acids is 1. The van der Waals surface area contributed by atoms with Crippen LogP contribution >= 0.6 is 31.9 Å². The summed E-state index contributed by atoms with van der Waals surface area (Å²) in [5.74, 6) is -1.46. The van der Waals surface area contributed by atoms with E-state index in [0.29, 0.717) is 5.56 Å². The molecule has 0 aromatic heterocycles. The summed E-state index contributed by atoms with van der Waals surface area (Å²) in [5.41, 5.74) is -0.165. The van der Waals surface area contributed by atoms with Crippen LogP contribution in [0.2, 0.25) is 0 Å². The van der Waals surface area contributed by atoms with E-state index in [1.54, 1.807) is 39.0 Å². The maximum Gasteiger partial charge on any atom is 0.326 e. The molecule has 0 unspecified atom stereocenters. The normalized spacial score (nSPS) is 12.9. The second kappa shape index (κ2) is 6.05. The molecule has 1 aromatic rings. The van der Waals surface area contributed by atoms with E-state index in [1.165, 1.54) is 0 Å². The van der Waals surface area contributed by atoms with E-state index in [2.05, 4.69) is 37.2 Å². The summed E-state index contributed by atoms with van der Waals surface area (Å²) in [6.07, 6.45) is 0. The molecule has 0 spiro atoms. The van der Waals surface area contributed by atoms with E-state index in [9.17, 15) is 14.7 Å². The molecule has 0 fully saturated rings. The van der Waals surface area contributed by atoms with Crippen LogP contribution in [0.25, 0.3) is 0 Å². The molecule has 104 valence electrons. The first-order valence-corrected chi connectivity index (χ1v) is 7.19. The van der Waals surface area contributed by atoms with Crippen LogP contribution in [0, 0.1) is 5.41 Å². The Morgan fingerprint density at radius 2 is 1.63 bits per heavy atom. The number of hydrogen-bond donors (Lipinski definition) is 2. The van der Waals surface area contributed by atoms with Gasteiger partial charge in [-0.3, -0.25) is 4.79 Å². The number of hydrogen-bond acceptors (Lipinski definition) is 2. The number of carboxylic acids is 1. The Morgan fingerprint density at radius 3 is 2.00 bits per heavy atom. The Balaban J connectivity index is 2.97. The van der Waals surface area contributed by atoms with E-state index in [1.807, 2.05) is 0 Å². The third kappa shape index (κ3) is 4.62. The first kappa shape index (κ1) is 16.2.